The Kier molecular flexibility index (Phi) is 4.10. The Bertz CT molecular complexity index is 605. The first-order valence-electron chi connectivity index (χ1n) is 6.36. The van der Waals surface area contributed by atoms with Gasteiger partial charge in [-0.25, -0.2) is 0 Å². The molecule has 1 heterocycles. The third-order valence-electron chi connectivity index (χ3n) is 3.45. The Morgan fingerprint density at radius 1 is 1.38 bits per heavy atom. The fraction of sp³-hybridized carbons (Fsp3) is 0.385. The summed E-state index contributed by atoms with van der Waals surface area (Å²) in [6.45, 7) is 2.68. The number of amidine groups is 1. The molecule has 1 amide bonds. The van der Waals surface area contributed by atoms with Gasteiger partial charge < -0.3 is 5.32 Å². The van der Waals surface area contributed by atoms with E-state index in [1.165, 1.54) is 0 Å². The summed E-state index contributed by atoms with van der Waals surface area (Å²) in [6.07, 6.45) is -4.63. The largest absolute Gasteiger partial charge is 0.412 e. The summed E-state index contributed by atoms with van der Waals surface area (Å²) in [4.78, 5) is 15.1. The summed E-state index contributed by atoms with van der Waals surface area (Å²) in [6, 6.07) is 7.31. The Hall–Kier alpha value is -1.44. The van der Waals surface area contributed by atoms with E-state index in [1.807, 2.05) is 39.0 Å². The summed E-state index contributed by atoms with van der Waals surface area (Å²) < 4.78 is 36.4. The molecule has 0 fully saturated rings. The van der Waals surface area contributed by atoms with Gasteiger partial charge in [0.15, 0.2) is 9.91 Å². The van der Waals surface area contributed by atoms with Crippen molar-refractivity contribution in [2.75, 3.05) is 0 Å². The second-order valence-electron chi connectivity index (χ2n) is 5.08. The summed E-state index contributed by atoms with van der Waals surface area (Å²) in [5, 5.41) is 2.90. The van der Waals surface area contributed by atoms with Crippen LogP contribution in [0.5, 0.6) is 0 Å². The van der Waals surface area contributed by atoms with Gasteiger partial charge in [-0.3, -0.25) is 4.79 Å². The Morgan fingerprint density at radius 3 is 2.52 bits per heavy atom. The number of alkyl halides is 3. The molecule has 0 saturated carbocycles. The number of benzene rings is 1. The molecule has 8 heteroatoms. The number of nitrogens with one attached hydrogen (secondary N) is 1. The van der Waals surface area contributed by atoms with Crippen LogP contribution in [-0.2, 0) is 4.79 Å². The average Bonchev–Trinajstić information content (AvgIpc) is 2.65. The number of carbonyl (C=O) groups is 1. The third kappa shape index (κ3) is 2.95. The normalized spacial score (nSPS) is 23.9. The monoisotopic (exact) mass is 314 g/mol. The second-order valence-corrected chi connectivity index (χ2v) is 6.49. The molecule has 0 bridgehead atoms. The fourth-order valence-electron chi connectivity index (χ4n) is 2.04. The van der Waals surface area contributed by atoms with Crippen molar-refractivity contribution in [3.63, 3.8) is 0 Å². The summed E-state index contributed by atoms with van der Waals surface area (Å²) in [5.41, 5.74) is 1.97. The van der Waals surface area contributed by atoms with E-state index < -0.39 is 16.8 Å². The Balaban J connectivity index is 2.14. The van der Waals surface area contributed by atoms with Gasteiger partial charge in [0.2, 0.25) is 0 Å². The molecule has 1 aromatic carbocycles. The fourth-order valence-corrected chi connectivity index (χ4v) is 3.03. The number of nitrogens with zero attached hydrogens (tertiary/aromatic N) is 1. The molecular formula is C13H14BF3N2OS. The topological polar surface area (TPSA) is 41.5 Å². The highest BCUT2D eigenvalue weighted by atomic mass is 32.2. The highest BCUT2D eigenvalue weighted by Crippen LogP contribution is 2.46. The van der Waals surface area contributed by atoms with E-state index in [-0.39, 0.29) is 11.2 Å². The molecule has 0 saturated heterocycles. The van der Waals surface area contributed by atoms with Crippen molar-refractivity contribution in [1.29, 1.82) is 0 Å². The first-order valence-corrected chi connectivity index (χ1v) is 7.18. The molecule has 3 nitrogen and oxygen atoms in total. The number of aliphatic imine (C=N–C) groups is 1. The minimum atomic E-state index is -4.63. The molecule has 1 aliphatic rings. The molecule has 1 unspecified atom stereocenters. The molecule has 21 heavy (non-hydrogen) atoms. The van der Waals surface area contributed by atoms with Crippen molar-refractivity contribution in [2.45, 2.75) is 30.8 Å². The van der Waals surface area contributed by atoms with Crippen LogP contribution in [0.25, 0.3) is 0 Å². The van der Waals surface area contributed by atoms with E-state index in [1.54, 1.807) is 0 Å². The van der Waals surface area contributed by atoms with Gasteiger partial charge in [-0.1, -0.05) is 41.5 Å². The first-order chi connectivity index (χ1) is 9.65. The Morgan fingerprint density at radius 2 is 2.00 bits per heavy atom. The van der Waals surface area contributed by atoms with Crippen molar-refractivity contribution in [2.24, 2.45) is 4.99 Å². The lowest BCUT2D eigenvalue weighted by atomic mass is 9.88. The number of carbonyl (C=O) groups excluding carboxylic acids is 1. The van der Waals surface area contributed by atoms with Crippen LogP contribution in [0.4, 0.5) is 13.2 Å². The lowest BCUT2D eigenvalue weighted by Crippen LogP contribution is -2.44. The van der Waals surface area contributed by atoms with Gasteiger partial charge in [0.25, 0.3) is 5.91 Å². The van der Waals surface area contributed by atoms with E-state index >= 15 is 0 Å². The van der Waals surface area contributed by atoms with Gasteiger partial charge >= 0.3 is 6.18 Å². The third-order valence-corrected chi connectivity index (χ3v) is 4.66. The molecule has 0 aliphatic carbocycles. The van der Waals surface area contributed by atoms with Gasteiger partial charge in [-0.05, 0) is 19.4 Å². The maximum absolute atomic E-state index is 13.0. The molecule has 1 aliphatic heterocycles. The molecule has 0 aromatic heterocycles. The van der Waals surface area contributed by atoms with E-state index in [2.05, 4.69) is 10.3 Å². The zero-order valence-corrected chi connectivity index (χ0v) is 12.6. The van der Waals surface area contributed by atoms with E-state index in [0.29, 0.717) is 11.8 Å². The van der Waals surface area contributed by atoms with E-state index in [0.717, 1.165) is 17.9 Å². The van der Waals surface area contributed by atoms with Gasteiger partial charge in [-0.15, -0.1) is 0 Å². The standard InChI is InChI=1S/C13H14BF3N2OS/c1-7(8-5-3-4-6-9(8)14)18-11-19-10(20)12(2,21-11)13(15,16)17/h3-7H,14H2,1-2H3,(H,18,19,20)/t7-,12?/m0/s1. The van der Waals surface area contributed by atoms with Crippen molar-refractivity contribution >= 4 is 36.1 Å². The molecule has 112 valence electrons. The quantitative estimate of drug-likeness (QED) is 0.842. The van der Waals surface area contributed by atoms with E-state index in [4.69, 9.17) is 0 Å². The molecular weight excluding hydrogens is 300 g/mol. The van der Waals surface area contributed by atoms with Crippen LogP contribution in [0.3, 0.4) is 0 Å². The number of hydrogen-bond acceptors (Lipinski definition) is 3. The molecule has 0 spiro atoms. The molecule has 1 N–H and O–H groups in total. The van der Waals surface area contributed by atoms with Gasteiger partial charge in [0.1, 0.15) is 7.85 Å². The lowest BCUT2D eigenvalue weighted by Gasteiger charge is -2.24. The maximum atomic E-state index is 13.0. The van der Waals surface area contributed by atoms with Crippen molar-refractivity contribution in [3.8, 4) is 0 Å². The van der Waals surface area contributed by atoms with Crippen LogP contribution in [0.15, 0.2) is 29.3 Å². The molecule has 1 aromatic rings. The number of thioether (sulfide) groups is 1. The number of amides is 1. The van der Waals surface area contributed by atoms with Gasteiger partial charge in [-0.2, -0.15) is 18.2 Å². The van der Waals surface area contributed by atoms with Crippen LogP contribution in [0.2, 0.25) is 0 Å². The predicted molar refractivity (Wildman–Crippen MR) is 80.7 cm³/mol. The van der Waals surface area contributed by atoms with Gasteiger partial charge in [0.05, 0.1) is 0 Å². The predicted octanol–water partition coefficient (Wildman–Crippen LogP) is 1.55. The molecule has 2 atom stereocenters. The van der Waals surface area contributed by atoms with Gasteiger partial charge in [0, 0.05) is 6.04 Å². The van der Waals surface area contributed by atoms with Crippen molar-refractivity contribution in [1.82, 2.24) is 5.32 Å². The van der Waals surface area contributed by atoms with Crippen molar-refractivity contribution in [3.05, 3.63) is 29.8 Å². The zero-order valence-electron chi connectivity index (χ0n) is 11.8. The maximum Gasteiger partial charge on any atom is 0.412 e. The second kappa shape index (κ2) is 5.40. The summed E-state index contributed by atoms with van der Waals surface area (Å²) >= 11 is 0.421. The number of hydrogen-bond donors (Lipinski definition) is 1. The van der Waals surface area contributed by atoms with Crippen LogP contribution >= 0.6 is 11.8 Å². The summed E-state index contributed by atoms with van der Waals surface area (Å²) in [7, 11) is 1.92. The SMILES string of the molecule is Bc1ccccc1[C@H](C)NC1=NC(=O)C(C)(C(F)(F)F)S1. The Labute approximate surface area is 125 Å². The smallest absolute Gasteiger partial charge is 0.358 e. The minimum absolute atomic E-state index is 0.00979. The van der Waals surface area contributed by atoms with Crippen LogP contribution < -0.4 is 10.8 Å². The number of rotatable bonds is 2. The molecule has 2 rings (SSSR count). The highest BCUT2D eigenvalue weighted by Gasteiger charge is 2.61. The lowest BCUT2D eigenvalue weighted by molar-refractivity contribution is -0.165. The average molecular weight is 314 g/mol. The number of halogens is 3. The minimum Gasteiger partial charge on any atom is -0.358 e. The van der Waals surface area contributed by atoms with Crippen LogP contribution in [0, 0.1) is 0 Å². The first kappa shape index (κ1) is 15.9. The molecule has 0 radical (unpaired) electrons. The van der Waals surface area contributed by atoms with E-state index in [9.17, 15) is 18.0 Å². The summed E-state index contributed by atoms with van der Waals surface area (Å²) in [5.74, 6) is -1.17. The van der Waals surface area contributed by atoms with Crippen LogP contribution in [0.1, 0.15) is 25.5 Å². The van der Waals surface area contributed by atoms with Crippen molar-refractivity contribution < 1.29 is 18.0 Å². The zero-order chi connectivity index (χ0) is 15.8. The highest BCUT2D eigenvalue weighted by molar-refractivity contribution is 8.16. The van der Waals surface area contributed by atoms with Crippen LogP contribution in [-0.4, -0.2) is 29.8 Å².